The Balaban J connectivity index is 1.41. The van der Waals surface area contributed by atoms with Gasteiger partial charge >= 0.3 is 0 Å². The van der Waals surface area contributed by atoms with Gasteiger partial charge in [0.15, 0.2) is 18.9 Å². The maximum absolute atomic E-state index is 13.4. The Bertz CT molecular complexity index is 1590. The molecule has 3 rings (SSSR count). The van der Waals surface area contributed by atoms with Crippen molar-refractivity contribution in [3.05, 3.63) is 0 Å². The number of hydrogen-bond donors (Lipinski definition) is 12. The minimum absolute atomic E-state index is 0.235. The zero-order valence-corrected chi connectivity index (χ0v) is 54.5. The van der Waals surface area contributed by atoms with Gasteiger partial charge in [0.1, 0.15) is 73.2 Å². The summed E-state index contributed by atoms with van der Waals surface area (Å²) >= 11 is 0. The third kappa shape index (κ3) is 33.5. The lowest BCUT2D eigenvalue weighted by Crippen LogP contribution is -2.66. The molecule has 0 aliphatic carbocycles. The highest BCUT2D eigenvalue weighted by Gasteiger charge is 2.53. The first-order valence-electron chi connectivity index (χ1n) is 35.8. The highest BCUT2D eigenvalue weighted by molar-refractivity contribution is 5.76. The summed E-state index contributed by atoms with van der Waals surface area (Å²) < 4.78 is 34.4. The van der Waals surface area contributed by atoms with Crippen molar-refractivity contribution in [2.75, 3.05) is 26.4 Å². The van der Waals surface area contributed by atoms with Crippen LogP contribution in [0.3, 0.4) is 0 Å². The number of hydrogen-bond acceptors (Lipinski definition) is 18. The van der Waals surface area contributed by atoms with E-state index in [0.717, 1.165) is 44.9 Å². The molecule has 3 saturated heterocycles. The molecule has 19 heteroatoms. The van der Waals surface area contributed by atoms with E-state index in [-0.39, 0.29) is 18.9 Å². The highest BCUT2D eigenvalue weighted by Crippen LogP contribution is 2.33. The first kappa shape index (κ1) is 80.0. The fraction of sp³-hybridized carbons (Fsp3) is 0.985. The predicted octanol–water partition coefficient (Wildman–Crippen LogP) is 9.50. The quantitative estimate of drug-likeness (QED) is 0.0252. The van der Waals surface area contributed by atoms with E-state index in [1.807, 2.05) is 0 Å². The lowest BCUT2D eigenvalue weighted by molar-refractivity contribution is -0.379. The van der Waals surface area contributed by atoms with Crippen LogP contribution in [0.5, 0.6) is 0 Å². The van der Waals surface area contributed by atoms with Gasteiger partial charge in [0.05, 0.1) is 38.6 Å². The lowest BCUT2D eigenvalue weighted by Gasteiger charge is -2.48. The third-order valence-corrected chi connectivity index (χ3v) is 18.4. The Morgan fingerprint density at radius 3 is 1.00 bits per heavy atom. The van der Waals surface area contributed by atoms with E-state index in [9.17, 15) is 61.0 Å². The molecule has 3 fully saturated rings. The summed E-state index contributed by atoms with van der Waals surface area (Å²) in [7, 11) is 0. The fourth-order valence-electron chi connectivity index (χ4n) is 12.6. The van der Waals surface area contributed by atoms with Gasteiger partial charge in [0.25, 0.3) is 0 Å². The molecule has 0 aromatic rings. The number of aliphatic hydroxyl groups excluding tert-OH is 11. The Kier molecular flexibility index (Phi) is 47.1. The number of unbranched alkanes of at least 4 members (excludes halogenated alkanes) is 40. The summed E-state index contributed by atoms with van der Waals surface area (Å²) in [5, 5.41) is 121. The summed E-state index contributed by atoms with van der Waals surface area (Å²) in [5.74, 6) is -0.235. The Morgan fingerprint density at radius 1 is 0.368 bits per heavy atom. The van der Waals surface area contributed by atoms with Crippen molar-refractivity contribution >= 4 is 5.91 Å². The van der Waals surface area contributed by atoms with Gasteiger partial charge < -0.3 is 89.9 Å². The van der Waals surface area contributed by atoms with Crippen molar-refractivity contribution in [1.29, 1.82) is 0 Å². The van der Waals surface area contributed by atoms with Crippen LogP contribution in [0.25, 0.3) is 0 Å². The van der Waals surface area contributed by atoms with E-state index in [0.29, 0.717) is 12.8 Å². The second-order valence-electron chi connectivity index (χ2n) is 26.1. The largest absolute Gasteiger partial charge is 0.394 e. The minimum Gasteiger partial charge on any atom is -0.394 e. The Hall–Kier alpha value is -1.21. The zero-order chi connectivity index (χ0) is 63.3. The van der Waals surface area contributed by atoms with Crippen LogP contribution in [0.15, 0.2) is 0 Å². The van der Waals surface area contributed by atoms with E-state index in [1.54, 1.807) is 0 Å². The van der Waals surface area contributed by atoms with Gasteiger partial charge in [-0.3, -0.25) is 4.79 Å². The molecule has 19 nitrogen and oxygen atoms in total. The minimum atomic E-state index is -1.97. The van der Waals surface area contributed by atoms with Gasteiger partial charge in [-0.2, -0.15) is 0 Å². The second-order valence-corrected chi connectivity index (χ2v) is 26.1. The monoisotopic (exact) mass is 1250 g/mol. The van der Waals surface area contributed by atoms with Crippen LogP contribution in [-0.4, -0.2) is 193 Å². The van der Waals surface area contributed by atoms with Crippen LogP contribution in [0, 0.1) is 0 Å². The summed E-state index contributed by atoms with van der Waals surface area (Å²) in [6, 6.07) is -0.881. The summed E-state index contributed by atoms with van der Waals surface area (Å²) in [6.45, 7) is 1.85. The van der Waals surface area contributed by atoms with Crippen molar-refractivity contribution in [1.82, 2.24) is 5.32 Å². The molecular formula is C68H131NO18. The van der Waals surface area contributed by atoms with Gasteiger partial charge in [-0.25, -0.2) is 0 Å². The van der Waals surface area contributed by atoms with E-state index in [1.165, 1.54) is 218 Å². The van der Waals surface area contributed by atoms with Crippen LogP contribution in [-0.2, 0) is 33.2 Å². The van der Waals surface area contributed by atoms with Crippen molar-refractivity contribution in [2.45, 2.75) is 401 Å². The molecule has 0 saturated carbocycles. The molecule has 1 amide bonds. The zero-order valence-electron chi connectivity index (χ0n) is 54.5. The molecule has 0 spiro atoms. The van der Waals surface area contributed by atoms with Crippen LogP contribution < -0.4 is 5.32 Å². The number of ether oxygens (including phenoxy) is 6. The molecular weight excluding hydrogens is 1120 g/mol. The molecule has 3 aliphatic rings. The third-order valence-electron chi connectivity index (χ3n) is 18.4. The molecule has 0 radical (unpaired) electrons. The summed E-state index contributed by atoms with van der Waals surface area (Å²) in [6.07, 6.45) is 27.5. The van der Waals surface area contributed by atoms with Crippen molar-refractivity contribution < 1.29 is 89.4 Å². The highest BCUT2D eigenvalue weighted by atomic mass is 16.8. The first-order valence-corrected chi connectivity index (χ1v) is 35.8. The van der Waals surface area contributed by atoms with E-state index >= 15 is 0 Å². The molecule has 87 heavy (non-hydrogen) atoms. The van der Waals surface area contributed by atoms with Crippen LogP contribution in [0.1, 0.15) is 296 Å². The molecule has 0 bridgehead atoms. The molecule has 17 unspecified atom stereocenters. The summed E-state index contributed by atoms with van der Waals surface area (Å²) in [4.78, 5) is 13.4. The van der Waals surface area contributed by atoms with E-state index < -0.39 is 124 Å². The van der Waals surface area contributed by atoms with Gasteiger partial charge in [0, 0.05) is 6.42 Å². The molecule has 17 atom stereocenters. The Morgan fingerprint density at radius 2 is 0.655 bits per heavy atom. The molecule has 0 aromatic heterocycles. The van der Waals surface area contributed by atoms with Gasteiger partial charge in [-0.15, -0.1) is 0 Å². The normalized spacial score (nSPS) is 28.5. The smallest absolute Gasteiger partial charge is 0.220 e. The fourth-order valence-corrected chi connectivity index (χ4v) is 12.6. The predicted molar refractivity (Wildman–Crippen MR) is 337 cm³/mol. The first-order chi connectivity index (χ1) is 42.3. The van der Waals surface area contributed by atoms with Crippen LogP contribution in [0.2, 0.25) is 0 Å². The lowest BCUT2D eigenvalue weighted by atomic mass is 9.96. The van der Waals surface area contributed by atoms with Gasteiger partial charge in [0.2, 0.25) is 5.91 Å². The van der Waals surface area contributed by atoms with E-state index in [2.05, 4.69) is 19.2 Å². The number of aliphatic hydroxyl groups is 11. The van der Waals surface area contributed by atoms with Crippen LogP contribution in [0.4, 0.5) is 0 Å². The number of carbonyl (C=O) groups is 1. The average Bonchev–Trinajstić information content (AvgIpc) is 2.27. The van der Waals surface area contributed by atoms with Gasteiger partial charge in [-0.05, 0) is 12.8 Å². The molecule has 516 valence electrons. The number of rotatable bonds is 56. The number of nitrogens with one attached hydrogen (secondary N) is 1. The molecule has 12 N–H and O–H groups in total. The van der Waals surface area contributed by atoms with Crippen molar-refractivity contribution in [3.63, 3.8) is 0 Å². The second kappa shape index (κ2) is 51.2. The summed E-state index contributed by atoms with van der Waals surface area (Å²) in [5.41, 5.74) is 0. The van der Waals surface area contributed by atoms with Crippen molar-refractivity contribution in [2.24, 2.45) is 0 Å². The Labute approximate surface area is 525 Å². The average molecular weight is 1250 g/mol. The molecule has 0 aromatic carbocycles. The van der Waals surface area contributed by atoms with Crippen LogP contribution >= 0.6 is 0 Å². The van der Waals surface area contributed by atoms with Gasteiger partial charge in [-0.1, -0.05) is 277 Å². The molecule has 3 heterocycles. The number of amides is 1. The maximum atomic E-state index is 13.4. The molecule has 3 aliphatic heterocycles. The van der Waals surface area contributed by atoms with E-state index in [4.69, 9.17) is 28.4 Å². The van der Waals surface area contributed by atoms with Crippen molar-refractivity contribution in [3.8, 4) is 0 Å². The topological polar surface area (TPSA) is 307 Å². The standard InChI is InChI=1S/C68H131NO18/c1-3-5-7-9-11-13-15-17-19-21-23-24-25-26-27-28-30-32-34-36-38-40-42-44-46-56(74)69-51(52(73)45-43-41-39-37-35-33-31-29-22-20-18-16-14-12-10-8-6-4-2)50-82-66-62(80)59(77)64(54(48-71)84-66)87-68-63(81)60(78)65(55(49-72)85-68)86-67-61(79)58(76)57(75)53(47-70)83-67/h51-55,57-68,70-73,75-81H,3-50H2,1-2H3,(H,69,74). The number of carbonyl (C=O) groups excluding carboxylic acids is 1. The maximum Gasteiger partial charge on any atom is 0.220 e. The SMILES string of the molecule is CCCCCCCCCCCCCCCCCCCCCCCCCCC(=O)NC(COC1OC(CO)C(OC2OC(CO)C(OC3OC(CO)C(O)C(O)C3O)C(O)C2O)C(O)C1O)C(O)CCCCCCCCCCCCCCCCCCCC.